The van der Waals surface area contributed by atoms with Crippen LogP contribution in [0, 0.1) is 5.41 Å². The van der Waals surface area contributed by atoms with E-state index in [0.717, 1.165) is 12.8 Å². The molecule has 0 aliphatic carbocycles. The van der Waals surface area contributed by atoms with Gasteiger partial charge in [-0.05, 0) is 19.3 Å². The van der Waals surface area contributed by atoms with Gasteiger partial charge in [0.15, 0.2) is 5.96 Å². The Morgan fingerprint density at radius 1 is 1.39 bits per heavy atom. The molecular formula is C10H24Cl2N4O2. The Labute approximate surface area is 121 Å². The van der Waals surface area contributed by atoms with Gasteiger partial charge >= 0.3 is 5.97 Å². The zero-order chi connectivity index (χ0) is 12.4. The number of hydrogen-bond acceptors (Lipinski definition) is 4. The quantitative estimate of drug-likeness (QED) is 0.229. The van der Waals surface area contributed by atoms with Gasteiger partial charge in [0.2, 0.25) is 0 Å². The van der Waals surface area contributed by atoms with E-state index in [-0.39, 0.29) is 36.7 Å². The molecule has 6 nitrogen and oxygen atoms in total. The third-order valence-corrected chi connectivity index (χ3v) is 2.05. The van der Waals surface area contributed by atoms with Crippen molar-refractivity contribution >= 4 is 36.7 Å². The molecule has 110 valence electrons. The van der Waals surface area contributed by atoms with Gasteiger partial charge in [-0.25, -0.2) is 0 Å². The third kappa shape index (κ3) is 13.3. The molecule has 1 atom stereocenters. The predicted octanol–water partition coefficient (Wildman–Crippen LogP) is 0.764. The highest BCUT2D eigenvalue weighted by molar-refractivity contribution is 5.85. The maximum Gasteiger partial charge on any atom is 0.322 e. The summed E-state index contributed by atoms with van der Waals surface area (Å²) in [5.41, 5.74) is 10.7. The van der Waals surface area contributed by atoms with E-state index in [1.54, 1.807) is 0 Å². The molecule has 0 aliphatic heterocycles. The van der Waals surface area contributed by atoms with E-state index in [2.05, 4.69) is 5.32 Å². The Morgan fingerprint density at radius 3 is 2.50 bits per heavy atom. The zero-order valence-electron chi connectivity index (χ0n) is 10.6. The van der Waals surface area contributed by atoms with E-state index in [4.69, 9.17) is 21.6 Å². The lowest BCUT2D eigenvalue weighted by molar-refractivity contribution is -0.145. The molecule has 0 unspecified atom stereocenters. The van der Waals surface area contributed by atoms with Crippen molar-refractivity contribution in [3.05, 3.63) is 0 Å². The van der Waals surface area contributed by atoms with Crippen molar-refractivity contribution in [3.63, 3.8) is 0 Å². The Hall–Kier alpha value is -0.720. The molecule has 0 amide bonds. The van der Waals surface area contributed by atoms with E-state index in [1.807, 2.05) is 6.92 Å². The molecular weight excluding hydrogens is 279 g/mol. The molecule has 0 aromatic heterocycles. The molecule has 0 saturated heterocycles. The van der Waals surface area contributed by atoms with Crippen LogP contribution in [0.1, 0.15) is 32.6 Å². The fourth-order valence-corrected chi connectivity index (χ4v) is 1.09. The van der Waals surface area contributed by atoms with Crippen molar-refractivity contribution in [2.45, 2.75) is 38.6 Å². The van der Waals surface area contributed by atoms with Crippen LogP contribution in [-0.2, 0) is 9.53 Å². The topological polar surface area (TPSA) is 114 Å². The fourth-order valence-electron chi connectivity index (χ4n) is 1.09. The van der Waals surface area contributed by atoms with Gasteiger partial charge in [-0.15, -0.1) is 24.8 Å². The molecule has 0 saturated carbocycles. The number of nitrogens with two attached hydrogens (primary N) is 2. The molecule has 0 radical (unpaired) electrons. The SMILES string of the molecule is CCCCOC(=O)[C@@H](N)CCCNC(=N)N.Cl.Cl. The van der Waals surface area contributed by atoms with Crippen molar-refractivity contribution in [2.24, 2.45) is 11.5 Å². The minimum atomic E-state index is -0.578. The normalized spacial score (nSPS) is 10.6. The number of guanidine groups is 1. The van der Waals surface area contributed by atoms with Crippen LogP contribution in [0.5, 0.6) is 0 Å². The molecule has 0 spiro atoms. The Kier molecular flexibility index (Phi) is 17.9. The second kappa shape index (κ2) is 14.3. The lowest BCUT2D eigenvalue weighted by Crippen LogP contribution is -2.35. The summed E-state index contributed by atoms with van der Waals surface area (Å²) in [6, 6.07) is -0.578. The van der Waals surface area contributed by atoms with Crippen LogP contribution in [0.4, 0.5) is 0 Å². The van der Waals surface area contributed by atoms with E-state index in [1.165, 1.54) is 0 Å². The van der Waals surface area contributed by atoms with E-state index in [0.29, 0.717) is 26.0 Å². The van der Waals surface area contributed by atoms with E-state index in [9.17, 15) is 4.79 Å². The first kappa shape index (κ1) is 22.5. The molecule has 0 aromatic carbocycles. The summed E-state index contributed by atoms with van der Waals surface area (Å²) >= 11 is 0. The highest BCUT2D eigenvalue weighted by Crippen LogP contribution is 1.98. The summed E-state index contributed by atoms with van der Waals surface area (Å²) in [7, 11) is 0. The van der Waals surface area contributed by atoms with Crippen molar-refractivity contribution in [1.82, 2.24) is 5.32 Å². The summed E-state index contributed by atoms with van der Waals surface area (Å²) in [6.07, 6.45) is 3.07. The number of halogens is 2. The van der Waals surface area contributed by atoms with Crippen LogP contribution >= 0.6 is 24.8 Å². The first-order valence-corrected chi connectivity index (χ1v) is 5.58. The van der Waals surface area contributed by atoms with Crippen LogP contribution in [0.3, 0.4) is 0 Å². The molecule has 0 heterocycles. The summed E-state index contributed by atoms with van der Waals surface area (Å²) in [6.45, 7) is 3.02. The Balaban J connectivity index is -0.00000112. The lowest BCUT2D eigenvalue weighted by Gasteiger charge is -2.11. The Bertz CT molecular complexity index is 230. The molecule has 18 heavy (non-hydrogen) atoms. The highest BCUT2D eigenvalue weighted by Gasteiger charge is 2.13. The standard InChI is InChI=1S/C10H22N4O2.2ClH/c1-2-3-7-16-9(15)8(11)5-4-6-14-10(12)13;;/h8H,2-7,11H2,1H3,(H4,12,13,14);2*1H/t8-;;/m0../s1. The minimum Gasteiger partial charge on any atom is -0.465 e. The number of hydrogen-bond donors (Lipinski definition) is 4. The number of carbonyl (C=O) groups is 1. The molecule has 8 heteroatoms. The molecule has 0 aromatic rings. The van der Waals surface area contributed by atoms with Crippen LogP contribution in [0.15, 0.2) is 0 Å². The summed E-state index contributed by atoms with van der Waals surface area (Å²) in [4.78, 5) is 11.3. The summed E-state index contributed by atoms with van der Waals surface area (Å²) < 4.78 is 4.97. The van der Waals surface area contributed by atoms with Gasteiger partial charge in [-0.3, -0.25) is 10.2 Å². The second-order valence-corrected chi connectivity index (χ2v) is 3.61. The van der Waals surface area contributed by atoms with Crippen LogP contribution < -0.4 is 16.8 Å². The van der Waals surface area contributed by atoms with Crippen molar-refractivity contribution in [2.75, 3.05) is 13.2 Å². The molecule has 6 N–H and O–H groups in total. The monoisotopic (exact) mass is 302 g/mol. The summed E-state index contributed by atoms with van der Waals surface area (Å²) in [5, 5.41) is 9.57. The molecule has 0 aliphatic rings. The van der Waals surface area contributed by atoms with Gasteiger partial charge in [0, 0.05) is 6.54 Å². The highest BCUT2D eigenvalue weighted by atomic mass is 35.5. The van der Waals surface area contributed by atoms with Crippen LogP contribution in [0.2, 0.25) is 0 Å². The second-order valence-electron chi connectivity index (χ2n) is 3.61. The average Bonchev–Trinajstić information content (AvgIpc) is 2.24. The number of carbonyl (C=O) groups excluding carboxylic acids is 1. The number of nitrogens with one attached hydrogen (secondary N) is 2. The number of ether oxygens (including phenoxy) is 1. The van der Waals surface area contributed by atoms with E-state index < -0.39 is 6.04 Å². The Morgan fingerprint density at radius 2 is 2.00 bits per heavy atom. The minimum absolute atomic E-state index is 0. The van der Waals surface area contributed by atoms with Gasteiger partial charge in [0.1, 0.15) is 6.04 Å². The maximum atomic E-state index is 11.3. The lowest BCUT2D eigenvalue weighted by atomic mass is 10.2. The van der Waals surface area contributed by atoms with Gasteiger partial charge in [-0.2, -0.15) is 0 Å². The first-order valence-electron chi connectivity index (χ1n) is 5.58. The van der Waals surface area contributed by atoms with Crippen LogP contribution in [-0.4, -0.2) is 31.1 Å². The molecule has 0 fully saturated rings. The van der Waals surface area contributed by atoms with Gasteiger partial charge in [0.25, 0.3) is 0 Å². The van der Waals surface area contributed by atoms with Gasteiger partial charge in [0.05, 0.1) is 6.61 Å². The van der Waals surface area contributed by atoms with Gasteiger partial charge in [-0.1, -0.05) is 13.3 Å². The first-order chi connectivity index (χ1) is 7.57. The van der Waals surface area contributed by atoms with E-state index >= 15 is 0 Å². The predicted molar refractivity (Wildman–Crippen MR) is 77.5 cm³/mol. The number of rotatable bonds is 8. The van der Waals surface area contributed by atoms with Gasteiger partial charge < -0.3 is 21.5 Å². The third-order valence-electron chi connectivity index (χ3n) is 2.05. The maximum absolute atomic E-state index is 11.3. The fraction of sp³-hybridized carbons (Fsp3) is 0.800. The number of esters is 1. The largest absolute Gasteiger partial charge is 0.465 e. The summed E-state index contributed by atoms with van der Waals surface area (Å²) in [5.74, 6) is -0.421. The van der Waals surface area contributed by atoms with Crippen molar-refractivity contribution < 1.29 is 9.53 Å². The van der Waals surface area contributed by atoms with Crippen LogP contribution in [0.25, 0.3) is 0 Å². The smallest absolute Gasteiger partial charge is 0.322 e. The molecule has 0 rings (SSSR count). The molecule has 0 bridgehead atoms. The number of unbranched alkanes of at least 4 members (excludes halogenated alkanes) is 1. The van der Waals surface area contributed by atoms with Crippen molar-refractivity contribution in [3.8, 4) is 0 Å². The van der Waals surface area contributed by atoms with Crippen molar-refractivity contribution in [1.29, 1.82) is 5.41 Å². The average molecular weight is 303 g/mol. The zero-order valence-corrected chi connectivity index (χ0v) is 12.2.